The lowest BCUT2D eigenvalue weighted by Gasteiger charge is -2.03. The molecule has 200 valence electrons. The first-order chi connectivity index (χ1) is 18.5. The van der Waals surface area contributed by atoms with E-state index < -0.39 is 5.97 Å². The zero-order valence-corrected chi connectivity index (χ0v) is 21.9. The molecule has 0 unspecified atom stereocenters. The van der Waals surface area contributed by atoms with Crippen LogP contribution < -0.4 is 9.47 Å². The standard InChI is InChI=1S/C14H16N2O4.C13H14N2O3/c1-18-9-13-12(14(17)20-3)8-16(15-13)10-4-6-11(19-2)7-5-10;1-17-9-13-10(8-16)7-15(14-13)11-3-5-12(18-2)6-4-11/h4-8H,9H2,1-3H3;3-8H,9H2,1-2H3. The highest BCUT2D eigenvalue weighted by Gasteiger charge is 2.17. The summed E-state index contributed by atoms with van der Waals surface area (Å²) in [5.41, 5.74) is 3.77. The van der Waals surface area contributed by atoms with Gasteiger partial charge < -0.3 is 23.7 Å². The fourth-order valence-corrected chi connectivity index (χ4v) is 3.44. The van der Waals surface area contributed by atoms with Gasteiger partial charge in [0, 0.05) is 26.6 Å². The average Bonchev–Trinajstić information content (AvgIpc) is 3.58. The lowest BCUT2D eigenvalue weighted by Crippen LogP contribution is -2.04. The summed E-state index contributed by atoms with van der Waals surface area (Å²) in [5.74, 6) is 1.10. The summed E-state index contributed by atoms with van der Waals surface area (Å²) in [7, 11) is 7.68. The van der Waals surface area contributed by atoms with Gasteiger partial charge in [-0.1, -0.05) is 0 Å². The summed E-state index contributed by atoms with van der Waals surface area (Å²) in [5, 5.41) is 8.66. The van der Waals surface area contributed by atoms with E-state index >= 15 is 0 Å². The van der Waals surface area contributed by atoms with Crippen molar-refractivity contribution >= 4 is 12.3 Å². The average molecular weight is 523 g/mol. The number of benzene rings is 2. The van der Waals surface area contributed by atoms with E-state index in [1.807, 2.05) is 48.5 Å². The van der Waals surface area contributed by atoms with E-state index in [-0.39, 0.29) is 6.61 Å². The van der Waals surface area contributed by atoms with Crippen LogP contribution in [0.3, 0.4) is 0 Å². The molecule has 0 saturated carbocycles. The Balaban J connectivity index is 0.000000212. The quantitative estimate of drug-likeness (QED) is 0.227. The van der Waals surface area contributed by atoms with Crippen molar-refractivity contribution in [3.05, 3.63) is 83.4 Å². The molecule has 0 saturated heterocycles. The maximum atomic E-state index is 11.7. The lowest BCUT2D eigenvalue weighted by molar-refractivity contribution is 0.0595. The number of rotatable bonds is 10. The normalized spacial score (nSPS) is 10.3. The maximum Gasteiger partial charge on any atom is 0.341 e. The fraction of sp³-hybridized carbons (Fsp3) is 0.259. The number of esters is 1. The Hall–Kier alpha value is -4.48. The van der Waals surface area contributed by atoms with Crippen LogP contribution in [0.4, 0.5) is 0 Å². The number of carbonyl (C=O) groups excluding carboxylic acids is 2. The minimum Gasteiger partial charge on any atom is -0.497 e. The SMILES string of the molecule is COCc1nn(-c2ccc(OC)cc2)cc1C(=O)OC.COCc1nn(-c2ccc(OC)cc2)cc1C=O. The van der Waals surface area contributed by atoms with Gasteiger partial charge in [-0.15, -0.1) is 0 Å². The molecule has 0 aliphatic heterocycles. The molecule has 0 N–H and O–H groups in total. The van der Waals surface area contributed by atoms with Crippen LogP contribution >= 0.6 is 0 Å². The largest absolute Gasteiger partial charge is 0.497 e. The van der Waals surface area contributed by atoms with Crippen LogP contribution in [0.5, 0.6) is 11.5 Å². The van der Waals surface area contributed by atoms with Crippen molar-refractivity contribution in [3.8, 4) is 22.9 Å². The first-order valence-electron chi connectivity index (χ1n) is 11.4. The Morgan fingerprint density at radius 1 is 0.737 bits per heavy atom. The molecule has 0 spiro atoms. The third kappa shape index (κ3) is 6.84. The Labute approximate surface area is 220 Å². The number of hydrogen-bond donors (Lipinski definition) is 0. The highest BCUT2D eigenvalue weighted by atomic mass is 16.5. The van der Waals surface area contributed by atoms with Crippen molar-refractivity contribution < 1.29 is 33.3 Å². The van der Waals surface area contributed by atoms with Crippen molar-refractivity contribution in [2.75, 3.05) is 35.5 Å². The van der Waals surface area contributed by atoms with Crippen molar-refractivity contribution in [2.24, 2.45) is 0 Å². The number of carbonyl (C=O) groups is 2. The molecule has 2 aromatic carbocycles. The molecule has 0 atom stereocenters. The molecule has 0 fully saturated rings. The Kier molecular flexibility index (Phi) is 10.1. The van der Waals surface area contributed by atoms with E-state index in [4.69, 9.17) is 23.7 Å². The molecular formula is C27H30N4O7. The van der Waals surface area contributed by atoms with Gasteiger partial charge in [-0.3, -0.25) is 4.79 Å². The Morgan fingerprint density at radius 2 is 1.21 bits per heavy atom. The van der Waals surface area contributed by atoms with Gasteiger partial charge in [0.25, 0.3) is 0 Å². The van der Waals surface area contributed by atoms with Gasteiger partial charge in [0.1, 0.15) is 22.8 Å². The maximum absolute atomic E-state index is 11.7. The minimum absolute atomic E-state index is 0.244. The molecule has 4 rings (SSSR count). The van der Waals surface area contributed by atoms with Gasteiger partial charge in [-0.25, -0.2) is 14.2 Å². The van der Waals surface area contributed by atoms with E-state index in [2.05, 4.69) is 10.2 Å². The summed E-state index contributed by atoms with van der Waals surface area (Å²) < 4.78 is 28.2. The summed E-state index contributed by atoms with van der Waals surface area (Å²) in [6.07, 6.45) is 4.09. The van der Waals surface area contributed by atoms with Gasteiger partial charge in [0.15, 0.2) is 6.29 Å². The highest BCUT2D eigenvalue weighted by Crippen LogP contribution is 2.18. The second-order valence-electron chi connectivity index (χ2n) is 7.78. The molecule has 0 bridgehead atoms. The molecular weight excluding hydrogens is 492 g/mol. The molecule has 4 aromatic rings. The molecule has 2 aromatic heterocycles. The molecule has 38 heavy (non-hydrogen) atoms. The first-order valence-corrected chi connectivity index (χ1v) is 11.4. The second-order valence-corrected chi connectivity index (χ2v) is 7.78. The predicted molar refractivity (Wildman–Crippen MR) is 138 cm³/mol. The van der Waals surface area contributed by atoms with Crippen LogP contribution in [-0.2, 0) is 27.4 Å². The number of aldehydes is 1. The summed E-state index contributed by atoms with van der Waals surface area (Å²) in [6.45, 7) is 0.560. The minimum atomic E-state index is -0.434. The molecule has 11 heteroatoms. The second kappa shape index (κ2) is 13.7. The van der Waals surface area contributed by atoms with Gasteiger partial charge in [0.05, 0.1) is 57.2 Å². The zero-order chi connectivity index (χ0) is 27.5. The molecule has 0 radical (unpaired) electrons. The number of hydrogen-bond acceptors (Lipinski definition) is 9. The monoisotopic (exact) mass is 522 g/mol. The van der Waals surface area contributed by atoms with Crippen LogP contribution in [0.25, 0.3) is 11.4 Å². The van der Waals surface area contributed by atoms with E-state index in [0.29, 0.717) is 29.1 Å². The fourth-order valence-electron chi connectivity index (χ4n) is 3.44. The first kappa shape index (κ1) is 28.1. The number of methoxy groups -OCH3 is 5. The van der Waals surface area contributed by atoms with Crippen LogP contribution in [0.15, 0.2) is 60.9 Å². The van der Waals surface area contributed by atoms with E-state index in [1.165, 1.54) is 7.11 Å². The molecule has 0 amide bonds. The smallest absolute Gasteiger partial charge is 0.341 e. The van der Waals surface area contributed by atoms with E-state index in [0.717, 1.165) is 29.2 Å². The van der Waals surface area contributed by atoms with Gasteiger partial charge in [0.2, 0.25) is 0 Å². The Bertz CT molecular complexity index is 1330. The third-order valence-electron chi connectivity index (χ3n) is 5.38. The zero-order valence-electron chi connectivity index (χ0n) is 21.9. The van der Waals surface area contributed by atoms with Crippen LogP contribution in [0.1, 0.15) is 32.1 Å². The summed E-state index contributed by atoms with van der Waals surface area (Å²) >= 11 is 0. The van der Waals surface area contributed by atoms with Gasteiger partial charge in [-0.2, -0.15) is 10.2 Å². The van der Waals surface area contributed by atoms with Crippen molar-refractivity contribution in [3.63, 3.8) is 0 Å². The summed E-state index contributed by atoms with van der Waals surface area (Å²) in [6, 6.07) is 14.8. The van der Waals surface area contributed by atoms with Crippen molar-refractivity contribution in [1.29, 1.82) is 0 Å². The third-order valence-corrected chi connectivity index (χ3v) is 5.38. The molecule has 0 aliphatic rings. The van der Waals surface area contributed by atoms with Crippen LogP contribution in [-0.4, -0.2) is 67.4 Å². The number of nitrogens with zero attached hydrogens (tertiary/aromatic N) is 4. The van der Waals surface area contributed by atoms with Crippen LogP contribution in [0.2, 0.25) is 0 Å². The highest BCUT2D eigenvalue weighted by molar-refractivity contribution is 5.90. The predicted octanol–water partition coefficient (Wildman–Crippen LogP) is 3.65. The van der Waals surface area contributed by atoms with Crippen molar-refractivity contribution in [1.82, 2.24) is 19.6 Å². The van der Waals surface area contributed by atoms with Crippen molar-refractivity contribution in [2.45, 2.75) is 13.2 Å². The van der Waals surface area contributed by atoms with Gasteiger partial charge >= 0.3 is 5.97 Å². The molecule has 0 aliphatic carbocycles. The van der Waals surface area contributed by atoms with E-state index in [1.54, 1.807) is 50.2 Å². The van der Waals surface area contributed by atoms with Gasteiger partial charge in [-0.05, 0) is 48.5 Å². The molecule has 11 nitrogen and oxygen atoms in total. The lowest BCUT2D eigenvalue weighted by atomic mass is 10.2. The Morgan fingerprint density at radius 3 is 1.66 bits per heavy atom. The van der Waals surface area contributed by atoms with Crippen LogP contribution in [0, 0.1) is 0 Å². The molecule has 2 heterocycles. The topological polar surface area (TPSA) is 116 Å². The number of aromatic nitrogens is 4. The van der Waals surface area contributed by atoms with E-state index in [9.17, 15) is 9.59 Å². The summed E-state index contributed by atoms with van der Waals surface area (Å²) in [4.78, 5) is 22.6. The number of ether oxygens (including phenoxy) is 5.